The van der Waals surface area contributed by atoms with Gasteiger partial charge in [0.05, 0.1) is 27.9 Å². The van der Waals surface area contributed by atoms with E-state index in [2.05, 4.69) is 0 Å². The van der Waals surface area contributed by atoms with Crippen LogP contribution in [0.25, 0.3) is 0 Å². The van der Waals surface area contributed by atoms with E-state index in [4.69, 9.17) is 18.9 Å². The number of nitrogens with zero attached hydrogens (tertiary/aromatic N) is 1. The van der Waals surface area contributed by atoms with Gasteiger partial charge >= 0.3 is 0 Å². The summed E-state index contributed by atoms with van der Waals surface area (Å²) in [5.41, 5.74) is 0.902. The van der Waals surface area contributed by atoms with Gasteiger partial charge in [0.2, 0.25) is 5.91 Å². The van der Waals surface area contributed by atoms with Crippen LogP contribution in [0.2, 0.25) is 0 Å². The van der Waals surface area contributed by atoms with Crippen molar-refractivity contribution >= 4 is 17.7 Å². The highest BCUT2D eigenvalue weighted by molar-refractivity contribution is 7.99. The molecule has 1 unspecified atom stereocenters. The summed E-state index contributed by atoms with van der Waals surface area (Å²) in [7, 11) is 6.42. The molecule has 1 atom stereocenters. The van der Waals surface area contributed by atoms with Crippen LogP contribution in [0.4, 0.5) is 0 Å². The first-order valence-electron chi connectivity index (χ1n) is 7.36. The van der Waals surface area contributed by atoms with Crippen molar-refractivity contribution < 1.29 is 23.7 Å². The van der Waals surface area contributed by atoms with Crippen LogP contribution in [0.5, 0.6) is 17.2 Å². The highest BCUT2D eigenvalue weighted by Crippen LogP contribution is 2.45. The number of carbonyl (C=O) groups is 1. The molecule has 0 aliphatic carbocycles. The lowest BCUT2D eigenvalue weighted by atomic mass is 10.1. The van der Waals surface area contributed by atoms with Crippen molar-refractivity contribution in [2.75, 3.05) is 47.3 Å². The van der Waals surface area contributed by atoms with Crippen molar-refractivity contribution in [3.8, 4) is 17.2 Å². The van der Waals surface area contributed by atoms with Gasteiger partial charge in [-0.3, -0.25) is 4.79 Å². The molecule has 0 spiro atoms. The molecule has 1 aliphatic heterocycles. The van der Waals surface area contributed by atoms with Crippen LogP contribution < -0.4 is 14.2 Å². The van der Waals surface area contributed by atoms with Crippen molar-refractivity contribution in [3.63, 3.8) is 0 Å². The lowest BCUT2D eigenvalue weighted by molar-refractivity contribution is -0.132. The summed E-state index contributed by atoms with van der Waals surface area (Å²) in [5, 5.41) is -0.124. The van der Waals surface area contributed by atoms with Crippen LogP contribution in [0.1, 0.15) is 17.4 Å². The molecule has 23 heavy (non-hydrogen) atoms. The minimum Gasteiger partial charge on any atom is -0.496 e. The summed E-state index contributed by atoms with van der Waals surface area (Å²) >= 11 is 1.71. The quantitative estimate of drug-likeness (QED) is 0.759. The molecule has 2 rings (SSSR count). The Kier molecular flexibility index (Phi) is 6.41. The van der Waals surface area contributed by atoms with E-state index in [1.165, 1.54) is 0 Å². The smallest absolute Gasteiger partial charge is 0.224 e. The van der Waals surface area contributed by atoms with E-state index >= 15 is 0 Å². The number of ether oxygens (including phenoxy) is 4. The Morgan fingerprint density at radius 1 is 1.09 bits per heavy atom. The number of carbonyl (C=O) groups excluding carboxylic acids is 1. The van der Waals surface area contributed by atoms with E-state index in [1.54, 1.807) is 46.3 Å². The van der Waals surface area contributed by atoms with Gasteiger partial charge in [-0.25, -0.2) is 0 Å². The zero-order chi connectivity index (χ0) is 16.8. The minimum atomic E-state index is -0.124. The molecule has 1 fully saturated rings. The van der Waals surface area contributed by atoms with E-state index in [0.717, 1.165) is 11.3 Å². The fraction of sp³-hybridized carbons (Fsp3) is 0.562. The average Bonchev–Trinajstić information content (AvgIpc) is 2.59. The first-order valence-corrected chi connectivity index (χ1v) is 8.41. The van der Waals surface area contributed by atoms with Crippen molar-refractivity contribution in [1.82, 2.24) is 4.90 Å². The van der Waals surface area contributed by atoms with E-state index in [1.807, 2.05) is 11.0 Å². The Labute approximate surface area is 141 Å². The third-order valence-corrected chi connectivity index (χ3v) is 5.00. The second-order valence-electron chi connectivity index (χ2n) is 5.00. The van der Waals surface area contributed by atoms with Crippen LogP contribution in [-0.2, 0) is 9.53 Å². The summed E-state index contributed by atoms with van der Waals surface area (Å²) in [6.07, 6.45) is 0.542. The third-order valence-electron chi connectivity index (χ3n) is 3.73. The average molecular weight is 341 g/mol. The molecule has 1 amide bonds. The molecule has 0 radical (unpaired) electrons. The molecule has 1 aromatic rings. The van der Waals surface area contributed by atoms with Crippen LogP contribution in [-0.4, -0.2) is 58.2 Å². The van der Waals surface area contributed by atoms with Crippen LogP contribution >= 0.6 is 11.8 Å². The number of thioether (sulfide) groups is 1. The van der Waals surface area contributed by atoms with E-state index < -0.39 is 0 Å². The van der Waals surface area contributed by atoms with E-state index in [9.17, 15) is 4.79 Å². The number of methoxy groups -OCH3 is 4. The summed E-state index contributed by atoms with van der Waals surface area (Å²) in [6.45, 7) is 1.04. The Bertz CT molecular complexity index is 552. The first-order chi connectivity index (χ1) is 11.2. The molecule has 0 aromatic heterocycles. The SMILES string of the molecule is COCCN1C(=O)CCSC1c1cc(OC)c(OC)cc1OC. The minimum absolute atomic E-state index is 0.124. The van der Waals surface area contributed by atoms with E-state index in [-0.39, 0.29) is 11.3 Å². The summed E-state index contributed by atoms with van der Waals surface area (Å²) in [4.78, 5) is 14.2. The fourth-order valence-corrected chi connectivity index (χ4v) is 3.84. The van der Waals surface area contributed by atoms with Gasteiger partial charge in [-0.2, -0.15) is 0 Å². The van der Waals surface area contributed by atoms with Gasteiger partial charge in [0, 0.05) is 37.5 Å². The van der Waals surface area contributed by atoms with Gasteiger partial charge < -0.3 is 23.8 Å². The molecule has 7 heteroatoms. The zero-order valence-corrected chi connectivity index (χ0v) is 14.8. The lowest BCUT2D eigenvalue weighted by Crippen LogP contribution is -2.39. The normalized spacial score (nSPS) is 18.0. The highest BCUT2D eigenvalue weighted by Gasteiger charge is 2.32. The molecule has 1 aromatic carbocycles. The Morgan fingerprint density at radius 3 is 2.35 bits per heavy atom. The second-order valence-corrected chi connectivity index (χ2v) is 6.19. The van der Waals surface area contributed by atoms with Gasteiger partial charge in [-0.05, 0) is 6.07 Å². The largest absolute Gasteiger partial charge is 0.496 e. The van der Waals surface area contributed by atoms with Gasteiger partial charge in [-0.1, -0.05) is 0 Å². The molecular formula is C16H23NO5S. The number of hydrogen-bond acceptors (Lipinski definition) is 6. The monoisotopic (exact) mass is 341 g/mol. The lowest BCUT2D eigenvalue weighted by Gasteiger charge is -2.36. The second kappa shape index (κ2) is 8.31. The third kappa shape index (κ3) is 3.84. The Morgan fingerprint density at radius 2 is 1.74 bits per heavy atom. The number of rotatable bonds is 7. The predicted molar refractivity (Wildman–Crippen MR) is 89.5 cm³/mol. The van der Waals surface area contributed by atoms with Crippen molar-refractivity contribution in [3.05, 3.63) is 17.7 Å². The topological polar surface area (TPSA) is 57.2 Å². The zero-order valence-electron chi connectivity index (χ0n) is 14.0. The van der Waals surface area contributed by atoms with Crippen molar-refractivity contribution in [2.45, 2.75) is 11.8 Å². The molecule has 0 bridgehead atoms. The molecule has 6 nitrogen and oxygen atoms in total. The summed E-state index contributed by atoms with van der Waals surface area (Å²) in [6, 6.07) is 3.68. The van der Waals surface area contributed by atoms with Crippen LogP contribution in [0.15, 0.2) is 12.1 Å². The number of hydrogen-bond donors (Lipinski definition) is 0. The molecule has 128 valence electrons. The summed E-state index contributed by atoms with van der Waals surface area (Å²) in [5.74, 6) is 2.81. The van der Waals surface area contributed by atoms with Gasteiger partial charge in [0.25, 0.3) is 0 Å². The van der Waals surface area contributed by atoms with Gasteiger partial charge in [0.15, 0.2) is 11.5 Å². The molecular weight excluding hydrogens is 318 g/mol. The van der Waals surface area contributed by atoms with E-state index in [0.29, 0.717) is 36.8 Å². The van der Waals surface area contributed by atoms with Crippen molar-refractivity contribution in [1.29, 1.82) is 0 Å². The predicted octanol–water partition coefficient (Wildman–Crippen LogP) is 2.32. The van der Waals surface area contributed by atoms with Crippen LogP contribution in [0, 0.1) is 0 Å². The van der Waals surface area contributed by atoms with Gasteiger partial charge in [0.1, 0.15) is 11.1 Å². The highest BCUT2D eigenvalue weighted by atomic mass is 32.2. The molecule has 0 N–H and O–H groups in total. The first kappa shape index (κ1) is 17.7. The Balaban J connectivity index is 2.42. The van der Waals surface area contributed by atoms with Crippen molar-refractivity contribution in [2.24, 2.45) is 0 Å². The van der Waals surface area contributed by atoms with Gasteiger partial charge in [-0.15, -0.1) is 11.8 Å². The maximum Gasteiger partial charge on any atom is 0.224 e. The van der Waals surface area contributed by atoms with Crippen LogP contribution in [0.3, 0.4) is 0 Å². The number of benzene rings is 1. The molecule has 1 saturated heterocycles. The summed E-state index contributed by atoms with van der Waals surface area (Å²) < 4.78 is 21.4. The fourth-order valence-electron chi connectivity index (χ4n) is 2.56. The molecule has 0 saturated carbocycles. The Hall–Kier alpha value is -1.60. The molecule has 1 heterocycles. The maximum absolute atomic E-state index is 12.3. The standard InChI is InChI=1S/C16H23NO5S/c1-19-7-6-17-15(18)5-8-23-16(17)11-9-13(21-3)14(22-4)10-12(11)20-2/h9-10,16H,5-8H2,1-4H3. The maximum atomic E-state index is 12.3. The molecule has 1 aliphatic rings. The number of amides is 1.